The van der Waals surface area contributed by atoms with Gasteiger partial charge in [-0.05, 0) is 38.4 Å². The highest BCUT2D eigenvalue weighted by Gasteiger charge is 2.33. The molecule has 0 saturated carbocycles. The van der Waals surface area contributed by atoms with Gasteiger partial charge in [-0.2, -0.15) is 0 Å². The summed E-state index contributed by atoms with van der Waals surface area (Å²) in [6, 6.07) is 14.1. The molecule has 0 bridgehead atoms. The predicted octanol–water partition coefficient (Wildman–Crippen LogP) is 3.85. The quantitative estimate of drug-likeness (QED) is 0.241. The van der Waals surface area contributed by atoms with Crippen molar-refractivity contribution in [2.45, 2.75) is 0 Å². The van der Waals surface area contributed by atoms with Gasteiger partial charge in [0.15, 0.2) is 0 Å². The van der Waals surface area contributed by atoms with E-state index in [-0.39, 0.29) is 22.1 Å². The summed E-state index contributed by atoms with van der Waals surface area (Å²) in [6.45, 7) is 0. The lowest BCUT2D eigenvalue weighted by atomic mass is 9.81. The summed E-state index contributed by atoms with van der Waals surface area (Å²) in [5.41, 5.74) is -1.29. The van der Waals surface area contributed by atoms with Crippen LogP contribution in [-0.2, 0) is 0 Å². The number of aromatic carboxylic acids is 2. The second-order valence-corrected chi connectivity index (χ2v) is 7.89. The zero-order valence-electron chi connectivity index (χ0n) is 18.1. The first kappa shape index (κ1) is 21.1. The lowest BCUT2D eigenvalue weighted by molar-refractivity contribution is 0.0692. The number of carboxylic acids is 2. The van der Waals surface area contributed by atoms with Crippen LogP contribution in [0.25, 0.3) is 43.1 Å². The fraction of sp³-hybridized carbons (Fsp3) is 0.0769. The smallest absolute Gasteiger partial charge is 0.337 e. The van der Waals surface area contributed by atoms with Gasteiger partial charge in [0.05, 0.1) is 22.3 Å². The van der Waals surface area contributed by atoms with Gasteiger partial charge in [0.25, 0.3) is 11.8 Å². The number of rotatable bonds is 4. The van der Waals surface area contributed by atoms with Crippen molar-refractivity contribution in [3.05, 3.63) is 70.8 Å². The van der Waals surface area contributed by atoms with Crippen LogP contribution >= 0.6 is 0 Å². The van der Waals surface area contributed by atoms with Gasteiger partial charge in [0, 0.05) is 24.9 Å². The van der Waals surface area contributed by atoms with Crippen LogP contribution in [-0.4, -0.2) is 48.1 Å². The molecular formula is C26H18N2O6. The third-order valence-corrected chi connectivity index (χ3v) is 6.27. The number of carbonyl (C=O) groups is 4. The molecule has 0 saturated heterocycles. The van der Waals surface area contributed by atoms with Crippen molar-refractivity contribution in [1.82, 2.24) is 10.6 Å². The molecule has 8 heteroatoms. The van der Waals surface area contributed by atoms with Gasteiger partial charge >= 0.3 is 11.9 Å². The first-order valence-corrected chi connectivity index (χ1v) is 10.4. The van der Waals surface area contributed by atoms with Crippen LogP contribution in [0.5, 0.6) is 0 Å². The van der Waals surface area contributed by atoms with Gasteiger partial charge in [-0.15, -0.1) is 0 Å². The number of carboxylic acid groups (broad SMARTS) is 2. The molecule has 5 aromatic carbocycles. The molecule has 0 spiro atoms. The highest BCUT2D eigenvalue weighted by atomic mass is 16.4. The Morgan fingerprint density at radius 3 is 1.76 bits per heavy atom. The third kappa shape index (κ3) is 2.65. The molecule has 0 aliphatic heterocycles. The highest BCUT2D eigenvalue weighted by Crippen LogP contribution is 2.45. The minimum atomic E-state index is -1.51. The Morgan fingerprint density at radius 2 is 1.18 bits per heavy atom. The SMILES string of the molecule is CNC(=O)c1c(C(=O)O)c2c(C(=O)O)ccc3c4cccc5cccc(c(c1C(=O)NC)c23)c54. The van der Waals surface area contributed by atoms with E-state index in [0.29, 0.717) is 21.5 Å². The second kappa shape index (κ2) is 7.41. The number of nitrogens with one attached hydrogen (secondary N) is 2. The molecule has 0 unspecified atom stereocenters. The topological polar surface area (TPSA) is 133 Å². The molecule has 5 aromatic rings. The molecule has 5 rings (SSSR count). The maximum atomic E-state index is 13.2. The molecular weight excluding hydrogens is 436 g/mol. The fourth-order valence-corrected chi connectivity index (χ4v) is 4.99. The van der Waals surface area contributed by atoms with Crippen molar-refractivity contribution in [2.24, 2.45) is 0 Å². The average Bonchev–Trinajstić information content (AvgIpc) is 2.84. The van der Waals surface area contributed by atoms with Crippen LogP contribution in [0.4, 0.5) is 0 Å². The summed E-state index contributed by atoms with van der Waals surface area (Å²) in [7, 11) is 2.71. The summed E-state index contributed by atoms with van der Waals surface area (Å²) >= 11 is 0. The minimum Gasteiger partial charge on any atom is -0.478 e. The maximum absolute atomic E-state index is 13.2. The summed E-state index contributed by atoms with van der Waals surface area (Å²) < 4.78 is 0. The molecule has 8 nitrogen and oxygen atoms in total. The monoisotopic (exact) mass is 454 g/mol. The Morgan fingerprint density at radius 1 is 0.588 bits per heavy atom. The lowest BCUT2D eigenvalue weighted by Gasteiger charge is -2.22. The van der Waals surface area contributed by atoms with Crippen LogP contribution in [0, 0.1) is 0 Å². The zero-order valence-corrected chi connectivity index (χ0v) is 18.1. The van der Waals surface area contributed by atoms with Crippen LogP contribution in [0.1, 0.15) is 41.4 Å². The number of carbonyl (C=O) groups excluding carboxylic acids is 2. The molecule has 0 radical (unpaired) electrons. The van der Waals surface area contributed by atoms with Gasteiger partial charge in [-0.3, -0.25) is 9.59 Å². The molecule has 168 valence electrons. The molecule has 0 aromatic heterocycles. The average molecular weight is 454 g/mol. The van der Waals surface area contributed by atoms with Crippen molar-refractivity contribution in [3.63, 3.8) is 0 Å². The Bertz CT molecular complexity index is 1710. The first-order chi connectivity index (χ1) is 16.3. The standard InChI is InChI=1S/C26H18N2O6/c1-27-23(29)20-18-14-8-4-6-11-5-3-7-12(16(11)14)13-9-10-15(25(31)32)19(17(13)18)22(26(33)34)21(20)24(30)28-2/h3-10H,1-2H3,(H,27,29)(H,28,30)(H,31,32)(H,33,34). The molecule has 0 fully saturated rings. The van der Waals surface area contributed by atoms with Crippen LogP contribution in [0.3, 0.4) is 0 Å². The van der Waals surface area contributed by atoms with Gasteiger partial charge in [0.1, 0.15) is 0 Å². The van der Waals surface area contributed by atoms with Gasteiger partial charge in [-0.1, -0.05) is 42.5 Å². The Kier molecular flexibility index (Phi) is 4.61. The number of amides is 2. The van der Waals surface area contributed by atoms with E-state index in [1.807, 2.05) is 24.3 Å². The van der Waals surface area contributed by atoms with Gasteiger partial charge in [0.2, 0.25) is 0 Å². The van der Waals surface area contributed by atoms with E-state index in [0.717, 1.165) is 16.2 Å². The van der Waals surface area contributed by atoms with E-state index >= 15 is 0 Å². The summed E-state index contributed by atoms with van der Waals surface area (Å²) in [4.78, 5) is 51.1. The van der Waals surface area contributed by atoms with Gasteiger partial charge < -0.3 is 20.8 Å². The second-order valence-electron chi connectivity index (χ2n) is 7.89. The maximum Gasteiger partial charge on any atom is 0.337 e. The molecule has 0 aliphatic carbocycles. The minimum absolute atomic E-state index is 0.0924. The molecule has 0 aliphatic rings. The Balaban J connectivity index is 2.30. The van der Waals surface area contributed by atoms with E-state index in [9.17, 15) is 29.4 Å². The van der Waals surface area contributed by atoms with Crippen molar-refractivity contribution < 1.29 is 29.4 Å². The third-order valence-electron chi connectivity index (χ3n) is 6.27. The molecule has 34 heavy (non-hydrogen) atoms. The van der Waals surface area contributed by atoms with E-state index in [4.69, 9.17) is 0 Å². The van der Waals surface area contributed by atoms with Crippen molar-refractivity contribution in [3.8, 4) is 0 Å². The number of benzene rings is 5. The largest absolute Gasteiger partial charge is 0.478 e. The lowest BCUT2D eigenvalue weighted by Crippen LogP contribution is -2.29. The molecule has 0 heterocycles. The van der Waals surface area contributed by atoms with Crippen molar-refractivity contribution >= 4 is 66.8 Å². The number of fused-ring (bicyclic) bond motifs is 2. The molecule has 0 atom stereocenters. The summed E-state index contributed by atoms with van der Waals surface area (Å²) in [6.07, 6.45) is 0. The first-order valence-electron chi connectivity index (χ1n) is 10.4. The van der Waals surface area contributed by atoms with E-state index in [1.165, 1.54) is 20.2 Å². The molecule has 2 amide bonds. The van der Waals surface area contributed by atoms with E-state index < -0.39 is 29.3 Å². The normalized spacial score (nSPS) is 11.4. The highest BCUT2D eigenvalue weighted by molar-refractivity contribution is 6.40. The molecule has 4 N–H and O–H groups in total. The van der Waals surface area contributed by atoms with Gasteiger partial charge in [-0.25, -0.2) is 9.59 Å². The summed E-state index contributed by atoms with van der Waals surface area (Å²) in [5, 5.41) is 29.4. The van der Waals surface area contributed by atoms with Crippen LogP contribution in [0.15, 0.2) is 48.5 Å². The van der Waals surface area contributed by atoms with Crippen LogP contribution < -0.4 is 10.6 Å². The number of hydrogen-bond acceptors (Lipinski definition) is 4. The number of hydrogen-bond donors (Lipinski definition) is 4. The Labute approximate surface area is 192 Å². The van der Waals surface area contributed by atoms with Crippen molar-refractivity contribution in [2.75, 3.05) is 14.1 Å². The van der Waals surface area contributed by atoms with Crippen molar-refractivity contribution in [1.29, 1.82) is 0 Å². The van der Waals surface area contributed by atoms with E-state index in [1.54, 1.807) is 18.2 Å². The Hall–Kier alpha value is -4.72. The summed E-state index contributed by atoms with van der Waals surface area (Å²) in [5.74, 6) is -4.30. The zero-order chi connectivity index (χ0) is 24.3. The van der Waals surface area contributed by atoms with Crippen LogP contribution in [0.2, 0.25) is 0 Å². The fourth-order valence-electron chi connectivity index (χ4n) is 4.99. The predicted molar refractivity (Wildman–Crippen MR) is 128 cm³/mol. The van der Waals surface area contributed by atoms with E-state index in [2.05, 4.69) is 10.6 Å².